The van der Waals surface area contributed by atoms with Gasteiger partial charge in [0.15, 0.2) is 0 Å². The lowest BCUT2D eigenvalue weighted by Gasteiger charge is -2.01. The predicted octanol–water partition coefficient (Wildman–Crippen LogP) is 2.33. The summed E-state index contributed by atoms with van der Waals surface area (Å²) in [7, 11) is 0. The lowest BCUT2D eigenvalue weighted by atomic mass is 10.2. The van der Waals surface area contributed by atoms with Crippen LogP contribution in [0.25, 0.3) is 0 Å². The van der Waals surface area contributed by atoms with Gasteiger partial charge in [-0.25, -0.2) is 0 Å². The molecule has 13 heavy (non-hydrogen) atoms. The maximum absolute atomic E-state index is 4.11. The number of hydrogen-bond donors (Lipinski definition) is 1. The first kappa shape index (κ1) is 9.78. The van der Waals surface area contributed by atoms with Gasteiger partial charge in [0.25, 0.3) is 0 Å². The highest BCUT2D eigenvalue weighted by Gasteiger charge is 1.88. The zero-order chi connectivity index (χ0) is 9.68. The Balaban J connectivity index is 2.58. The summed E-state index contributed by atoms with van der Waals surface area (Å²) in [6.45, 7) is 6.20. The Kier molecular flexibility index (Phi) is 3.50. The molecule has 0 heterocycles. The van der Waals surface area contributed by atoms with E-state index in [-0.39, 0.29) is 0 Å². The Morgan fingerprint density at radius 3 is 2.77 bits per heavy atom. The summed E-state index contributed by atoms with van der Waals surface area (Å²) in [6, 6.07) is 8.64. The van der Waals surface area contributed by atoms with E-state index in [0.29, 0.717) is 6.04 Å². The zero-order valence-corrected chi connectivity index (χ0v) is 8.41. The fourth-order valence-corrected chi connectivity index (χ4v) is 1.01. The molecule has 70 valence electrons. The van der Waals surface area contributed by atoms with Gasteiger partial charge in [-0.2, -0.15) is 5.10 Å². The average molecular weight is 176 g/mol. The van der Waals surface area contributed by atoms with Gasteiger partial charge in [0.2, 0.25) is 0 Å². The highest BCUT2D eigenvalue weighted by molar-refractivity contribution is 5.79. The molecule has 0 spiro atoms. The van der Waals surface area contributed by atoms with E-state index in [1.165, 1.54) is 5.56 Å². The number of benzene rings is 1. The van der Waals surface area contributed by atoms with Crippen LogP contribution in [-0.4, -0.2) is 12.3 Å². The molecule has 1 rings (SSSR count). The third-order valence-corrected chi connectivity index (χ3v) is 1.59. The highest BCUT2D eigenvalue weighted by atomic mass is 15.3. The second kappa shape index (κ2) is 4.65. The van der Waals surface area contributed by atoms with Crippen molar-refractivity contribution < 1.29 is 0 Å². The van der Waals surface area contributed by atoms with Crippen molar-refractivity contribution in [2.75, 3.05) is 0 Å². The molecule has 0 saturated heterocycles. The summed E-state index contributed by atoms with van der Waals surface area (Å²) in [5, 5.41) is 4.11. The van der Waals surface area contributed by atoms with Gasteiger partial charge in [-0.3, -0.25) is 0 Å². The van der Waals surface area contributed by atoms with Crippen LogP contribution in [0.1, 0.15) is 25.0 Å². The molecule has 0 aliphatic carbocycles. The highest BCUT2D eigenvalue weighted by Crippen LogP contribution is 2.00. The van der Waals surface area contributed by atoms with Crippen molar-refractivity contribution in [2.45, 2.75) is 26.8 Å². The van der Waals surface area contributed by atoms with Crippen LogP contribution in [-0.2, 0) is 0 Å². The van der Waals surface area contributed by atoms with Crippen LogP contribution in [0.2, 0.25) is 0 Å². The number of nitrogens with zero attached hydrogens (tertiary/aromatic N) is 1. The molecule has 2 nitrogen and oxygen atoms in total. The first-order valence-corrected chi connectivity index (χ1v) is 4.54. The van der Waals surface area contributed by atoms with Gasteiger partial charge in [0.05, 0.1) is 6.21 Å². The van der Waals surface area contributed by atoms with Crippen LogP contribution in [0, 0.1) is 6.92 Å². The summed E-state index contributed by atoms with van der Waals surface area (Å²) in [5.41, 5.74) is 5.37. The van der Waals surface area contributed by atoms with Crippen molar-refractivity contribution in [1.82, 2.24) is 5.43 Å². The van der Waals surface area contributed by atoms with Gasteiger partial charge in [-0.05, 0) is 26.3 Å². The van der Waals surface area contributed by atoms with Crippen LogP contribution in [0.5, 0.6) is 0 Å². The Hall–Kier alpha value is -1.31. The predicted molar refractivity (Wildman–Crippen MR) is 57.0 cm³/mol. The summed E-state index contributed by atoms with van der Waals surface area (Å²) < 4.78 is 0. The summed E-state index contributed by atoms with van der Waals surface area (Å²) >= 11 is 0. The topological polar surface area (TPSA) is 24.4 Å². The third-order valence-electron chi connectivity index (χ3n) is 1.59. The van der Waals surface area contributed by atoms with Gasteiger partial charge in [-0.1, -0.05) is 29.8 Å². The minimum Gasteiger partial charge on any atom is -0.308 e. The molecular formula is C11H16N2. The minimum atomic E-state index is 0.390. The molecule has 0 saturated carbocycles. The fraction of sp³-hybridized carbons (Fsp3) is 0.364. The number of hydrazone groups is 1. The van der Waals surface area contributed by atoms with Crippen LogP contribution >= 0.6 is 0 Å². The standard InChI is InChI=1S/C11H16N2/c1-9(2)13-12-8-11-6-4-5-10(3)7-11/h4-9,13H,1-3H3/b12-8+. The van der Waals surface area contributed by atoms with Gasteiger partial charge in [0, 0.05) is 6.04 Å². The van der Waals surface area contributed by atoms with Crippen molar-refractivity contribution >= 4 is 6.21 Å². The molecule has 0 atom stereocenters. The normalized spacial score (nSPS) is 11.1. The van der Waals surface area contributed by atoms with E-state index >= 15 is 0 Å². The lowest BCUT2D eigenvalue weighted by Crippen LogP contribution is -2.15. The van der Waals surface area contributed by atoms with Gasteiger partial charge in [0.1, 0.15) is 0 Å². The Bertz CT molecular complexity index is 290. The van der Waals surface area contributed by atoms with E-state index in [1.807, 2.05) is 18.3 Å². The largest absolute Gasteiger partial charge is 0.308 e. The molecule has 0 fully saturated rings. The summed E-state index contributed by atoms with van der Waals surface area (Å²) in [4.78, 5) is 0. The molecule has 0 bridgehead atoms. The smallest absolute Gasteiger partial charge is 0.0540 e. The maximum Gasteiger partial charge on any atom is 0.0540 e. The Morgan fingerprint density at radius 1 is 1.38 bits per heavy atom. The van der Waals surface area contributed by atoms with E-state index in [0.717, 1.165) is 5.56 Å². The van der Waals surface area contributed by atoms with Gasteiger partial charge >= 0.3 is 0 Å². The molecule has 0 amide bonds. The average Bonchev–Trinajstić information content (AvgIpc) is 2.03. The molecule has 0 aliphatic heterocycles. The number of aryl methyl sites for hydroxylation is 1. The SMILES string of the molecule is Cc1cccc(/C=N/NC(C)C)c1. The van der Waals surface area contributed by atoms with Crippen LogP contribution in [0.3, 0.4) is 0 Å². The van der Waals surface area contributed by atoms with Gasteiger partial charge in [-0.15, -0.1) is 0 Å². The Labute approximate surface area is 79.7 Å². The number of hydrogen-bond acceptors (Lipinski definition) is 2. The van der Waals surface area contributed by atoms with Crippen LogP contribution < -0.4 is 5.43 Å². The minimum absolute atomic E-state index is 0.390. The van der Waals surface area contributed by atoms with E-state index < -0.39 is 0 Å². The van der Waals surface area contributed by atoms with Crippen LogP contribution in [0.4, 0.5) is 0 Å². The lowest BCUT2D eigenvalue weighted by molar-refractivity contribution is 0.623. The molecule has 0 aromatic heterocycles. The van der Waals surface area contributed by atoms with Gasteiger partial charge < -0.3 is 5.43 Å². The number of rotatable bonds is 3. The fourth-order valence-electron chi connectivity index (χ4n) is 1.01. The molecule has 1 aromatic rings. The third kappa shape index (κ3) is 3.74. The quantitative estimate of drug-likeness (QED) is 0.554. The van der Waals surface area contributed by atoms with E-state index in [1.54, 1.807) is 0 Å². The first-order chi connectivity index (χ1) is 6.18. The first-order valence-electron chi connectivity index (χ1n) is 4.54. The molecule has 0 unspecified atom stereocenters. The summed E-state index contributed by atoms with van der Waals surface area (Å²) in [5.74, 6) is 0. The Morgan fingerprint density at radius 2 is 2.15 bits per heavy atom. The second-order valence-electron chi connectivity index (χ2n) is 3.46. The molecule has 0 radical (unpaired) electrons. The van der Waals surface area contributed by atoms with Crippen molar-refractivity contribution in [3.63, 3.8) is 0 Å². The molecule has 1 aromatic carbocycles. The summed E-state index contributed by atoms with van der Waals surface area (Å²) in [6.07, 6.45) is 1.84. The van der Waals surface area contributed by atoms with Crippen molar-refractivity contribution in [1.29, 1.82) is 0 Å². The monoisotopic (exact) mass is 176 g/mol. The van der Waals surface area contributed by atoms with E-state index in [2.05, 4.69) is 43.4 Å². The maximum atomic E-state index is 4.11. The van der Waals surface area contributed by atoms with Crippen molar-refractivity contribution in [3.05, 3.63) is 35.4 Å². The van der Waals surface area contributed by atoms with Crippen LogP contribution in [0.15, 0.2) is 29.4 Å². The van der Waals surface area contributed by atoms with E-state index in [4.69, 9.17) is 0 Å². The molecule has 1 N–H and O–H groups in total. The molecular weight excluding hydrogens is 160 g/mol. The van der Waals surface area contributed by atoms with Crippen molar-refractivity contribution in [3.8, 4) is 0 Å². The second-order valence-corrected chi connectivity index (χ2v) is 3.46. The zero-order valence-electron chi connectivity index (χ0n) is 8.41. The molecule has 0 aliphatic rings. The number of nitrogens with one attached hydrogen (secondary N) is 1. The van der Waals surface area contributed by atoms with Crippen molar-refractivity contribution in [2.24, 2.45) is 5.10 Å². The van der Waals surface area contributed by atoms with E-state index in [9.17, 15) is 0 Å². The molecule has 2 heteroatoms.